The quantitative estimate of drug-likeness (QED) is 0.861. The van der Waals surface area contributed by atoms with Crippen LogP contribution in [-0.2, 0) is 22.3 Å². The molecule has 2 aromatic carbocycles. The van der Waals surface area contributed by atoms with E-state index < -0.39 is 10.0 Å². The molecule has 0 amide bonds. The minimum Gasteiger partial charge on any atom is -0.212 e. The second-order valence-corrected chi connectivity index (χ2v) is 7.53. The minimum absolute atomic E-state index is 0.116. The van der Waals surface area contributed by atoms with Gasteiger partial charge in [0.15, 0.2) is 0 Å². The number of hydrogen-bond acceptors (Lipinski definition) is 2. The van der Waals surface area contributed by atoms with Crippen LogP contribution in [0.2, 0.25) is 15.1 Å². The molecule has 112 valence electrons. The van der Waals surface area contributed by atoms with Crippen molar-refractivity contribution in [1.29, 1.82) is 0 Å². The highest BCUT2D eigenvalue weighted by molar-refractivity contribution is 7.88. The van der Waals surface area contributed by atoms with Crippen LogP contribution in [0.3, 0.4) is 0 Å². The van der Waals surface area contributed by atoms with E-state index in [-0.39, 0.29) is 12.3 Å². The summed E-state index contributed by atoms with van der Waals surface area (Å²) < 4.78 is 26.6. The lowest BCUT2D eigenvalue weighted by atomic mass is 10.2. The van der Waals surface area contributed by atoms with Gasteiger partial charge in [-0.1, -0.05) is 53.0 Å². The van der Waals surface area contributed by atoms with Crippen molar-refractivity contribution < 1.29 is 8.42 Å². The number of rotatable bonds is 5. The molecule has 2 aromatic rings. The first-order valence-electron chi connectivity index (χ1n) is 6.01. The van der Waals surface area contributed by atoms with Crippen LogP contribution in [0.4, 0.5) is 0 Å². The third-order valence-corrected chi connectivity index (χ3v) is 4.90. The van der Waals surface area contributed by atoms with Crippen LogP contribution in [0.15, 0.2) is 42.5 Å². The Morgan fingerprint density at radius 1 is 0.905 bits per heavy atom. The molecular weight excluding hydrogens is 353 g/mol. The summed E-state index contributed by atoms with van der Waals surface area (Å²) in [5.41, 5.74) is 1.33. The Hall–Kier alpha value is -0.780. The Morgan fingerprint density at radius 2 is 1.52 bits per heavy atom. The van der Waals surface area contributed by atoms with E-state index in [9.17, 15) is 8.42 Å². The van der Waals surface area contributed by atoms with Crippen LogP contribution in [0, 0.1) is 0 Å². The monoisotopic (exact) mass is 363 g/mol. The first kappa shape index (κ1) is 16.6. The molecule has 7 heteroatoms. The maximum atomic E-state index is 12.0. The van der Waals surface area contributed by atoms with E-state index in [1.165, 1.54) is 0 Å². The largest absolute Gasteiger partial charge is 0.216 e. The van der Waals surface area contributed by atoms with Gasteiger partial charge in [-0.15, -0.1) is 0 Å². The summed E-state index contributed by atoms with van der Waals surface area (Å²) in [6.07, 6.45) is 0. The first-order chi connectivity index (χ1) is 9.85. The summed E-state index contributed by atoms with van der Waals surface area (Å²) in [6, 6.07) is 11.6. The van der Waals surface area contributed by atoms with Crippen LogP contribution in [-0.4, -0.2) is 8.42 Å². The van der Waals surface area contributed by atoms with E-state index in [0.717, 1.165) is 0 Å². The van der Waals surface area contributed by atoms with E-state index in [1.54, 1.807) is 42.5 Å². The standard InChI is InChI=1S/C14H12Cl3NO2S/c15-12-4-1-10(2-5-12)9-21(19,20)18-8-11-3-6-13(16)7-14(11)17/h1-7,18H,8-9H2. The van der Waals surface area contributed by atoms with Crippen LogP contribution in [0.5, 0.6) is 0 Å². The predicted molar refractivity (Wildman–Crippen MR) is 87.4 cm³/mol. The minimum atomic E-state index is -3.46. The molecule has 0 aliphatic heterocycles. The SMILES string of the molecule is O=S(=O)(Cc1ccc(Cl)cc1)NCc1ccc(Cl)cc1Cl. The summed E-state index contributed by atoms with van der Waals surface area (Å²) in [6.45, 7) is 0.117. The molecule has 0 spiro atoms. The molecule has 0 aliphatic rings. The molecule has 2 rings (SSSR count). The molecule has 0 unspecified atom stereocenters. The number of halogens is 3. The average molecular weight is 365 g/mol. The van der Waals surface area contributed by atoms with Gasteiger partial charge in [-0.25, -0.2) is 13.1 Å². The summed E-state index contributed by atoms with van der Waals surface area (Å²) >= 11 is 17.6. The summed E-state index contributed by atoms with van der Waals surface area (Å²) in [5, 5.41) is 1.50. The van der Waals surface area contributed by atoms with Gasteiger partial charge in [-0.2, -0.15) is 0 Å². The lowest BCUT2D eigenvalue weighted by Crippen LogP contribution is -2.24. The third kappa shape index (κ3) is 5.16. The molecule has 21 heavy (non-hydrogen) atoms. The van der Waals surface area contributed by atoms with Gasteiger partial charge < -0.3 is 0 Å². The van der Waals surface area contributed by atoms with Crippen molar-refractivity contribution >= 4 is 44.8 Å². The highest BCUT2D eigenvalue weighted by atomic mass is 35.5. The number of hydrogen-bond donors (Lipinski definition) is 1. The van der Waals surface area contributed by atoms with Crippen molar-refractivity contribution in [2.45, 2.75) is 12.3 Å². The highest BCUT2D eigenvalue weighted by Gasteiger charge is 2.12. The van der Waals surface area contributed by atoms with Gasteiger partial charge in [0.25, 0.3) is 0 Å². The summed E-state index contributed by atoms with van der Waals surface area (Å²) in [5.74, 6) is -0.116. The Kier molecular flexibility index (Phi) is 5.52. The molecule has 0 atom stereocenters. The average Bonchev–Trinajstić information content (AvgIpc) is 2.40. The molecule has 0 bridgehead atoms. The number of nitrogens with one attached hydrogen (secondary N) is 1. The van der Waals surface area contributed by atoms with Crippen LogP contribution >= 0.6 is 34.8 Å². The van der Waals surface area contributed by atoms with Crippen LogP contribution in [0.1, 0.15) is 11.1 Å². The van der Waals surface area contributed by atoms with E-state index in [2.05, 4.69) is 4.72 Å². The second-order valence-electron chi connectivity index (χ2n) is 4.44. The molecule has 0 aromatic heterocycles. The Labute approximate surface area is 138 Å². The number of sulfonamides is 1. The highest BCUT2D eigenvalue weighted by Crippen LogP contribution is 2.21. The first-order valence-corrected chi connectivity index (χ1v) is 8.80. The van der Waals surface area contributed by atoms with E-state index in [0.29, 0.717) is 26.2 Å². The van der Waals surface area contributed by atoms with Crippen molar-refractivity contribution in [2.24, 2.45) is 0 Å². The zero-order valence-electron chi connectivity index (χ0n) is 10.8. The zero-order valence-corrected chi connectivity index (χ0v) is 13.9. The van der Waals surface area contributed by atoms with E-state index in [4.69, 9.17) is 34.8 Å². The fourth-order valence-electron chi connectivity index (χ4n) is 1.70. The Balaban J connectivity index is 2.02. The van der Waals surface area contributed by atoms with Gasteiger partial charge in [0.1, 0.15) is 0 Å². The molecule has 0 radical (unpaired) electrons. The second kappa shape index (κ2) is 6.99. The van der Waals surface area contributed by atoms with Crippen molar-refractivity contribution in [3.05, 3.63) is 68.7 Å². The maximum Gasteiger partial charge on any atom is 0.216 e. The van der Waals surface area contributed by atoms with Gasteiger partial charge in [-0.05, 0) is 35.4 Å². The molecule has 1 N–H and O–H groups in total. The predicted octanol–water partition coefficient (Wildman–Crippen LogP) is 4.27. The summed E-state index contributed by atoms with van der Waals surface area (Å²) in [7, 11) is -3.46. The smallest absolute Gasteiger partial charge is 0.212 e. The van der Waals surface area contributed by atoms with Gasteiger partial charge in [0, 0.05) is 21.6 Å². The Bertz CT molecular complexity index is 730. The number of benzene rings is 2. The molecule has 3 nitrogen and oxygen atoms in total. The van der Waals surface area contributed by atoms with E-state index >= 15 is 0 Å². The molecule has 0 aliphatic carbocycles. The zero-order chi connectivity index (χ0) is 15.5. The molecular formula is C14H12Cl3NO2S. The van der Waals surface area contributed by atoms with Gasteiger partial charge in [-0.3, -0.25) is 0 Å². The fraction of sp³-hybridized carbons (Fsp3) is 0.143. The van der Waals surface area contributed by atoms with Gasteiger partial charge >= 0.3 is 0 Å². The molecule has 0 saturated carbocycles. The van der Waals surface area contributed by atoms with Gasteiger partial charge in [0.05, 0.1) is 5.75 Å². The maximum absolute atomic E-state index is 12.0. The topological polar surface area (TPSA) is 46.2 Å². The van der Waals surface area contributed by atoms with Gasteiger partial charge in [0.2, 0.25) is 10.0 Å². The Morgan fingerprint density at radius 3 is 2.14 bits per heavy atom. The van der Waals surface area contributed by atoms with Crippen molar-refractivity contribution in [3.8, 4) is 0 Å². The van der Waals surface area contributed by atoms with Crippen LogP contribution in [0.25, 0.3) is 0 Å². The normalized spacial score (nSPS) is 11.6. The van der Waals surface area contributed by atoms with Crippen molar-refractivity contribution in [2.75, 3.05) is 0 Å². The third-order valence-electron chi connectivity index (χ3n) is 2.77. The molecule has 0 saturated heterocycles. The fourth-order valence-corrected chi connectivity index (χ4v) is 3.41. The van der Waals surface area contributed by atoms with Crippen LogP contribution < -0.4 is 4.72 Å². The van der Waals surface area contributed by atoms with Crippen molar-refractivity contribution in [1.82, 2.24) is 4.72 Å². The molecule has 0 heterocycles. The summed E-state index contributed by atoms with van der Waals surface area (Å²) in [4.78, 5) is 0. The van der Waals surface area contributed by atoms with E-state index in [1.807, 2.05) is 0 Å². The lowest BCUT2D eigenvalue weighted by molar-refractivity contribution is 0.580. The molecule has 0 fully saturated rings. The lowest BCUT2D eigenvalue weighted by Gasteiger charge is -2.08. The van der Waals surface area contributed by atoms with Crippen molar-refractivity contribution in [3.63, 3.8) is 0 Å².